The van der Waals surface area contributed by atoms with Gasteiger partial charge < -0.3 is 10.1 Å². The number of thioether (sulfide) groups is 1. The Labute approximate surface area is 121 Å². The average Bonchev–Trinajstić information content (AvgIpc) is 3.17. The smallest absolute Gasteiger partial charge is 0.119 e. The molecule has 1 fully saturated rings. The van der Waals surface area contributed by atoms with Gasteiger partial charge in [-0.3, -0.25) is 0 Å². The lowest BCUT2D eigenvalue weighted by molar-refractivity contribution is 0.242. The van der Waals surface area contributed by atoms with E-state index in [1.165, 1.54) is 18.4 Å². The Morgan fingerprint density at radius 2 is 1.84 bits per heavy atom. The Bertz CT molecular complexity index is 398. The molecule has 1 aliphatic carbocycles. The van der Waals surface area contributed by atoms with E-state index in [1.54, 1.807) is 0 Å². The molecule has 0 radical (unpaired) electrons. The Balaban J connectivity index is 1.86. The van der Waals surface area contributed by atoms with Crippen molar-refractivity contribution in [3.8, 4) is 5.75 Å². The zero-order valence-electron chi connectivity index (χ0n) is 12.4. The predicted octanol–water partition coefficient (Wildman–Crippen LogP) is 4.02. The average molecular weight is 279 g/mol. The van der Waals surface area contributed by atoms with Crippen molar-refractivity contribution in [1.29, 1.82) is 0 Å². The summed E-state index contributed by atoms with van der Waals surface area (Å²) in [4.78, 5) is 0. The molecule has 1 aliphatic rings. The van der Waals surface area contributed by atoms with Gasteiger partial charge in [-0.25, -0.2) is 0 Å². The molecule has 0 bridgehead atoms. The largest absolute Gasteiger partial charge is 0.491 e. The van der Waals surface area contributed by atoms with Gasteiger partial charge in [-0.1, -0.05) is 12.1 Å². The molecule has 0 spiro atoms. The minimum atomic E-state index is 0.234. The van der Waals surface area contributed by atoms with Crippen LogP contribution in [0.4, 0.5) is 0 Å². The second kappa shape index (κ2) is 6.19. The normalized spacial score (nSPS) is 18.4. The molecule has 0 aromatic heterocycles. The molecular formula is C16H25NOS. The molecule has 1 atom stereocenters. The third-order valence-electron chi connectivity index (χ3n) is 3.72. The fourth-order valence-electron chi connectivity index (χ4n) is 2.16. The molecule has 1 N–H and O–H groups in total. The highest BCUT2D eigenvalue weighted by molar-refractivity contribution is 8.00. The van der Waals surface area contributed by atoms with Gasteiger partial charge in [0.05, 0.1) is 6.10 Å². The third kappa shape index (κ3) is 4.15. The van der Waals surface area contributed by atoms with Gasteiger partial charge in [0, 0.05) is 17.3 Å². The molecule has 1 saturated carbocycles. The highest BCUT2D eigenvalue weighted by atomic mass is 32.2. The Kier molecular flexibility index (Phi) is 4.80. The van der Waals surface area contributed by atoms with E-state index >= 15 is 0 Å². The molecular weight excluding hydrogens is 254 g/mol. The molecule has 1 aromatic rings. The van der Waals surface area contributed by atoms with Crippen LogP contribution in [-0.2, 0) is 0 Å². The highest BCUT2D eigenvalue weighted by Crippen LogP contribution is 2.46. The molecule has 19 heavy (non-hydrogen) atoms. The van der Waals surface area contributed by atoms with E-state index in [4.69, 9.17) is 4.74 Å². The Morgan fingerprint density at radius 3 is 2.32 bits per heavy atom. The van der Waals surface area contributed by atoms with E-state index in [9.17, 15) is 0 Å². The molecule has 0 aliphatic heterocycles. The lowest BCUT2D eigenvalue weighted by Crippen LogP contribution is -2.28. The molecule has 1 unspecified atom stereocenters. The summed E-state index contributed by atoms with van der Waals surface area (Å²) in [6.45, 7) is 7.44. The number of hydrogen-bond donors (Lipinski definition) is 1. The van der Waals surface area contributed by atoms with Crippen molar-refractivity contribution in [3.05, 3.63) is 29.8 Å². The number of ether oxygens (including phenoxy) is 1. The second-order valence-electron chi connectivity index (χ2n) is 5.73. The van der Waals surface area contributed by atoms with E-state index in [0.717, 1.165) is 12.3 Å². The van der Waals surface area contributed by atoms with Gasteiger partial charge in [-0.2, -0.15) is 11.8 Å². The monoisotopic (exact) mass is 279 g/mol. The maximum absolute atomic E-state index is 5.67. The van der Waals surface area contributed by atoms with Gasteiger partial charge >= 0.3 is 0 Å². The highest BCUT2D eigenvalue weighted by Gasteiger charge is 2.41. The zero-order valence-corrected chi connectivity index (χ0v) is 13.2. The fourth-order valence-corrected chi connectivity index (χ4v) is 2.89. The van der Waals surface area contributed by atoms with E-state index in [2.05, 4.69) is 56.6 Å². The summed E-state index contributed by atoms with van der Waals surface area (Å²) in [6.07, 6.45) is 5.17. The van der Waals surface area contributed by atoms with E-state index in [1.807, 2.05) is 11.8 Å². The number of rotatable bonds is 7. The van der Waals surface area contributed by atoms with Crippen LogP contribution in [0.3, 0.4) is 0 Å². The van der Waals surface area contributed by atoms with Crippen LogP contribution < -0.4 is 10.1 Å². The van der Waals surface area contributed by atoms with Crippen LogP contribution in [0.2, 0.25) is 0 Å². The van der Waals surface area contributed by atoms with Gasteiger partial charge in [-0.15, -0.1) is 0 Å². The van der Waals surface area contributed by atoms with Crippen LogP contribution in [0.5, 0.6) is 5.75 Å². The zero-order chi connectivity index (χ0) is 13.9. The quantitative estimate of drug-likeness (QED) is 0.814. The molecule has 2 nitrogen and oxygen atoms in total. The molecule has 106 valence electrons. The van der Waals surface area contributed by atoms with Crippen molar-refractivity contribution < 1.29 is 4.74 Å². The Morgan fingerprint density at radius 1 is 1.21 bits per heavy atom. The van der Waals surface area contributed by atoms with E-state index in [0.29, 0.717) is 10.8 Å². The van der Waals surface area contributed by atoms with Gasteiger partial charge in [0.15, 0.2) is 0 Å². The van der Waals surface area contributed by atoms with Crippen LogP contribution in [-0.4, -0.2) is 23.7 Å². The fraction of sp³-hybridized carbons (Fsp3) is 0.625. The van der Waals surface area contributed by atoms with Gasteiger partial charge in [0.1, 0.15) is 5.75 Å². The maximum atomic E-state index is 5.67. The van der Waals surface area contributed by atoms with Gasteiger partial charge in [-0.05, 0) is 57.6 Å². The molecule has 0 amide bonds. The third-order valence-corrected chi connectivity index (χ3v) is 5.14. The van der Waals surface area contributed by atoms with Crippen molar-refractivity contribution in [3.63, 3.8) is 0 Å². The summed E-state index contributed by atoms with van der Waals surface area (Å²) in [5, 5.41) is 3.65. The molecule has 2 rings (SSSR count). The first-order chi connectivity index (χ1) is 9.04. The maximum Gasteiger partial charge on any atom is 0.119 e. The number of hydrogen-bond acceptors (Lipinski definition) is 3. The minimum Gasteiger partial charge on any atom is -0.491 e. The van der Waals surface area contributed by atoms with Gasteiger partial charge in [0.25, 0.3) is 0 Å². The van der Waals surface area contributed by atoms with Gasteiger partial charge in [0.2, 0.25) is 0 Å². The van der Waals surface area contributed by atoms with E-state index < -0.39 is 0 Å². The molecule has 0 saturated heterocycles. The first-order valence-corrected chi connectivity index (χ1v) is 8.32. The molecule has 1 aromatic carbocycles. The Hall–Kier alpha value is -0.670. The summed E-state index contributed by atoms with van der Waals surface area (Å²) in [5.74, 6) is 0.953. The topological polar surface area (TPSA) is 21.3 Å². The summed E-state index contributed by atoms with van der Waals surface area (Å²) < 4.78 is 6.19. The van der Waals surface area contributed by atoms with Crippen LogP contribution in [0, 0.1) is 0 Å². The van der Waals surface area contributed by atoms with Crippen LogP contribution in [0.15, 0.2) is 24.3 Å². The SMILES string of the molecule is CSC1(CNC(C)c2ccc(OC(C)C)cc2)CC1. The lowest BCUT2D eigenvalue weighted by Gasteiger charge is -2.19. The number of benzene rings is 1. The summed E-state index contributed by atoms with van der Waals surface area (Å²) in [6, 6.07) is 8.85. The van der Waals surface area contributed by atoms with E-state index in [-0.39, 0.29) is 6.10 Å². The lowest BCUT2D eigenvalue weighted by atomic mass is 10.1. The summed E-state index contributed by atoms with van der Waals surface area (Å²) in [7, 11) is 0. The number of nitrogens with one attached hydrogen (secondary N) is 1. The second-order valence-corrected chi connectivity index (χ2v) is 7.00. The van der Waals surface area contributed by atoms with Crippen LogP contribution >= 0.6 is 11.8 Å². The van der Waals surface area contributed by atoms with Crippen molar-refractivity contribution in [1.82, 2.24) is 5.32 Å². The minimum absolute atomic E-state index is 0.234. The van der Waals surface area contributed by atoms with Crippen molar-refractivity contribution in [2.24, 2.45) is 0 Å². The van der Waals surface area contributed by atoms with Crippen molar-refractivity contribution in [2.45, 2.75) is 50.5 Å². The standard InChI is InChI=1S/C16H25NOS/c1-12(2)18-15-7-5-14(6-8-15)13(3)17-11-16(19-4)9-10-16/h5-8,12-13,17H,9-11H2,1-4H3. The summed E-state index contributed by atoms with van der Waals surface area (Å²) >= 11 is 2.00. The first kappa shape index (κ1) is 14.7. The summed E-state index contributed by atoms with van der Waals surface area (Å²) in [5.41, 5.74) is 1.33. The van der Waals surface area contributed by atoms with Crippen LogP contribution in [0.1, 0.15) is 45.2 Å². The van der Waals surface area contributed by atoms with Crippen molar-refractivity contribution in [2.75, 3.05) is 12.8 Å². The molecule has 3 heteroatoms. The molecule has 0 heterocycles. The predicted molar refractivity (Wildman–Crippen MR) is 84.1 cm³/mol. The van der Waals surface area contributed by atoms with Crippen LogP contribution in [0.25, 0.3) is 0 Å². The first-order valence-electron chi connectivity index (χ1n) is 7.10. The van der Waals surface area contributed by atoms with Crippen molar-refractivity contribution >= 4 is 11.8 Å².